The van der Waals surface area contributed by atoms with Crippen LogP contribution in [0.4, 0.5) is 11.5 Å². The second-order valence-corrected chi connectivity index (χ2v) is 8.52. The minimum absolute atomic E-state index is 0.0226. The molecule has 0 radical (unpaired) electrons. The molecule has 12 heteroatoms. The lowest BCUT2D eigenvalue weighted by Gasteiger charge is -2.15. The normalized spacial score (nSPS) is 11.8. The Labute approximate surface area is 197 Å². The van der Waals surface area contributed by atoms with Crippen LogP contribution in [-0.4, -0.2) is 51.7 Å². The van der Waals surface area contributed by atoms with Crippen molar-refractivity contribution in [2.24, 2.45) is 0 Å². The molecule has 0 aliphatic rings. The first-order chi connectivity index (χ1) is 16.2. The number of aromatic nitrogens is 2. The smallest absolute Gasteiger partial charge is 0.321 e. The first-order valence-corrected chi connectivity index (χ1v) is 11.4. The van der Waals surface area contributed by atoms with Crippen molar-refractivity contribution in [2.75, 3.05) is 31.4 Å². The zero-order chi connectivity index (χ0) is 24.7. The lowest BCUT2D eigenvalue weighted by Crippen LogP contribution is -2.30. The lowest BCUT2D eigenvalue weighted by atomic mass is 10.3. The van der Waals surface area contributed by atoms with Crippen LogP contribution in [0.25, 0.3) is 0 Å². The van der Waals surface area contributed by atoms with Crippen LogP contribution < -0.4 is 29.0 Å². The molecule has 3 rings (SSSR count). The van der Waals surface area contributed by atoms with Gasteiger partial charge in [0.05, 0.1) is 26.2 Å². The monoisotopic (exact) mass is 488 g/mol. The van der Waals surface area contributed by atoms with E-state index in [1.165, 1.54) is 44.6 Å². The topological polar surface area (TPSA) is 138 Å². The predicted molar refractivity (Wildman–Crippen MR) is 124 cm³/mol. The summed E-state index contributed by atoms with van der Waals surface area (Å²) >= 11 is 0. The highest BCUT2D eigenvalue weighted by Crippen LogP contribution is 2.22. The molecule has 3 aromatic rings. The van der Waals surface area contributed by atoms with Crippen LogP contribution in [0, 0.1) is 0 Å². The van der Waals surface area contributed by atoms with Gasteiger partial charge in [-0.2, -0.15) is 9.97 Å². The van der Waals surface area contributed by atoms with Gasteiger partial charge in [-0.3, -0.25) is 9.52 Å². The Hall–Kier alpha value is -4.06. The number of rotatable bonds is 10. The molecule has 1 atom stereocenters. The third kappa shape index (κ3) is 6.25. The number of amides is 1. The Morgan fingerprint density at radius 3 is 2.12 bits per heavy atom. The summed E-state index contributed by atoms with van der Waals surface area (Å²) in [6, 6.07) is 13.7. The highest BCUT2D eigenvalue weighted by molar-refractivity contribution is 7.92. The fourth-order valence-corrected chi connectivity index (χ4v) is 3.71. The number of nitrogens with one attached hydrogen (secondary N) is 2. The highest BCUT2D eigenvalue weighted by atomic mass is 32.2. The molecule has 0 bridgehead atoms. The first kappa shape index (κ1) is 24.6. The van der Waals surface area contributed by atoms with Crippen LogP contribution in [-0.2, 0) is 14.8 Å². The third-order valence-corrected chi connectivity index (χ3v) is 5.86. The molecule has 0 aliphatic heterocycles. The third-order valence-electron chi connectivity index (χ3n) is 4.49. The van der Waals surface area contributed by atoms with Gasteiger partial charge in [0.15, 0.2) is 11.9 Å². The van der Waals surface area contributed by atoms with Crippen molar-refractivity contribution >= 4 is 27.4 Å². The summed E-state index contributed by atoms with van der Waals surface area (Å²) in [5.74, 6) is 0.893. The van der Waals surface area contributed by atoms with Gasteiger partial charge in [0.2, 0.25) is 5.88 Å². The molecule has 2 aromatic carbocycles. The Bertz CT molecular complexity index is 1210. The zero-order valence-corrected chi connectivity index (χ0v) is 19.8. The van der Waals surface area contributed by atoms with Crippen LogP contribution in [0.2, 0.25) is 0 Å². The van der Waals surface area contributed by atoms with Gasteiger partial charge in [-0.1, -0.05) is 0 Å². The second kappa shape index (κ2) is 10.7. The number of methoxy groups -OCH3 is 3. The van der Waals surface area contributed by atoms with Gasteiger partial charge < -0.3 is 24.3 Å². The van der Waals surface area contributed by atoms with Crippen LogP contribution in [0.5, 0.6) is 23.4 Å². The number of nitrogens with zero attached hydrogens (tertiary/aromatic N) is 2. The summed E-state index contributed by atoms with van der Waals surface area (Å²) in [5.41, 5.74) is 0.402. The highest BCUT2D eigenvalue weighted by Gasteiger charge is 2.18. The largest absolute Gasteiger partial charge is 0.497 e. The summed E-state index contributed by atoms with van der Waals surface area (Å²) < 4.78 is 48.5. The van der Waals surface area contributed by atoms with E-state index in [1.54, 1.807) is 38.3 Å². The van der Waals surface area contributed by atoms with E-state index in [-0.39, 0.29) is 22.6 Å². The van der Waals surface area contributed by atoms with Gasteiger partial charge in [-0.05, 0) is 55.5 Å². The number of carbonyl (C=O) groups is 1. The number of sulfonamides is 1. The van der Waals surface area contributed by atoms with Crippen molar-refractivity contribution in [3.63, 3.8) is 0 Å². The Balaban J connectivity index is 1.64. The maximum atomic E-state index is 12.7. The van der Waals surface area contributed by atoms with Crippen LogP contribution in [0.1, 0.15) is 6.92 Å². The van der Waals surface area contributed by atoms with Crippen LogP contribution in [0.3, 0.4) is 0 Å². The molecule has 0 fully saturated rings. The average molecular weight is 489 g/mol. The molecule has 0 saturated heterocycles. The van der Waals surface area contributed by atoms with E-state index in [9.17, 15) is 13.2 Å². The predicted octanol–water partition coefficient (Wildman–Crippen LogP) is 2.71. The molecule has 11 nitrogen and oxygen atoms in total. The lowest BCUT2D eigenvalue weighted by molar-refractivity contribution is -0.122. The Morgan fingerprint density at radius 1 is 0.882 bits per heavy atom. The second-order valence-electron chi connectivity index (χ2n) is 6.84. The number of hydrogen-bond acceptors (Lipinski definition) is 9. The molecule has 1 unspecified atom stereocenters. The van der Waals surface area contributed by atoms with Crippen molar-refractivity contribution in [3.8, 4) is 23.4 Å². The molecule has 34 heavy (non-hydrogen) atoms. The van der Waals surface area contributed by atoms with E-state index >= 15 is 0 Å². The van der Waals surface area contributed by atoms with E-state index in [2.05, 4.69) is 20.0 Å². The molecule has 1 amide bonds. The fraction of sp³-hybridized carbons (Fsp3) is 0.227. The minimum atomic E-state index is -3.97. The molecular weight excluding hydrogens is 464 g/mol. The van der Waals surface area contributed by atoms with Crippen molar-refractivity contribution in [3.05, 3.63) is 54.6 Å². The van der Waals surface area contributed by atoms with Gasteiger partial charge in [0, 0.05) is 11.8 Å². The van der Waals surface area contributed by atoms with E-state index < -0.39 is 22.0 Å². The van der Waals surface area contributed by atoms with Gasteiger partial charge in [0.25, 0.3) is 15.9 Å². The summed E-state index contributed by atoms with van der Waals surface area (Å²) in [5, 5.41) is 2.69. The molecule has 2 N–H and O–H groups in total. The van der Waals surface area contributed by atoms with E-state index in [0.717, 1.165) is 0 Å². The van der Waals surface area contributed by atoms with Crippen molar-refractivity contribution in [1.82, 2.24) is 9.97 Å². The SMILES string of the molecule is COc1ccc(OC(C)C(=O)Nc2ccc(S(=O)(=O)Nc3cc(OC)nc(OC)n3)cc2)cc1. The molecule has 0 spiro atoms. The summed E-state index contributed by atoms with van der Waals surface area (Å²) in [6.45, 7) is 1.60. The number of ether oxygens (including phenoxy) is 4. The van der Waals surface area contributed by atoms with Crippen molar-refractivity contribution in [2.45, 2.75) is 17.9 Å². The number of anilines is 2. The van der Waals surface area contributed by atoms with Crippen LogP contribution >= 0.6 is 0 Å². The molecule has 1 aromatic heterocycles. The number of carbonyl (C=O) groups excluding carboxylic acids is 1. The summed E-state index contributed by atoms with van der Waals surface area (Å²) in [6.07, 6.45) is -0.791. The molecule has 180 valence electrons. The molecule has 0 saturated carbocycles. The van der Waals surface area contributed by atoms with E-state index in [4.69, 9.17) is 18.9 Å². The van der Waals surface area contributed by atoms with E-state index in [1.807, 2.05) is 0 Å². The maximum absolute atomic E-state index is 12.7. The van der Waals surface area contributed by atoms with Crippen LogP contribution in [0.15, 0.2) is 59.5 Å². The fourth-order valence-electron chi connectivity index (χ4n) is 2.72. The van der Waals surface area contributed by atoms with Gasteiger partial charge in [0.1, 0.15) is 11.5 Å². The molecule has 0 aliphatic carbocycles. The molecular formula is C22H24N4O7S. The maximum Gasteiger partial charge on any atom is 0.321 e. The van der Waals surface area contributed by atoms with Crippen molar-refractivity contribution in [1.29, 1.82) is 0 Å². The van der Waals surface area contributed by atoms with Crippen molar-refractivity contribution < 1.29 is 32.2 Å². The van der Waals surface area contributed by atoms with Gasteiger partial charge >= 0.3 is 6.01 Å². The molecule has 1 heterocycles. The minimum Gasteiger partial charge on any atom is -0.497 e. The summed E-state index contributed by atoms with van der Waals surface area (Å²) in [4.78, 5) is 20.3. The standard InChI is InChI=1S/C22H24N4O7S/c1-14(33-17-9-7-16(30-2)8-10-17)21(27)23-15-5-11-18(12-6-15)34(28,29)26-19-13-20(31-3)25-22(24-19)32-4/h5-14H,1-4H3,(H,23,27)(H,24,25,26). The van der Waals surface area contributed by atoms with Gasteiger partial charge in [-0.15, -0.1) is 0 Å². The number of benzene rings is 2. The zero-order valence-electron chi connectivity index (χ0n) is 18.9. The van der Waals surface area contributed by atoms with Gasteiger partial charge in [-0.25, -0.2) is 8.42 Å². The summed E-state index contributed by atoms with van der Waals surface area (Å²) in [7, 11) is 0.323. The Kier molecular flexibility index (Phi) is 7.74. The average Bonchev–Trinajstić information content (AvgIpc) is 2.84. The Morgan fingerprint density at radius 2 is 1.53 bits per heavy atom. The quantitative estimate of drug-likeness (QED) is 0.441. The number of hydrogen-bond donors (Lipinski definition) is 2. The van der Waals surface area contributed by atoms with E-state index in [0.29, 0.717) is 17.2 Å². The first-order valence-electron chi connectivity index (χ1n) is 9.95.